The Hall–Kier alpha value is -3.16. The lowest BCUT2D eigenvalue weighted by Crippen LogP contribution is -2.34. The molecule has 1 saturated heterocycles. The van der Waals surface area contributed by atoms with Gasteiger partial charge in [0, 0.05) is 19.6 Å². The molecule has 3 rings (SSSR count). The average molecular weight is 385 g/mol. The summed E-state index contributed by atoms with van der Waals surface area (Å²) in [5, 5.41) is 5.66. The minimum atomic E-state index is -0.615. The van der Waals surface area contributed by atoms with Crippen LogP contribution in [-0.2, 0) is 11.2 Å². The maximum atomic E-state index is 13.3. The fourth-order valence-corrected chi connectivity index (χ4v) is 3.17. The van der Waals surface area contributed by atoms with E-state index in [1.165, 1.54) is 12.1 Å². The minimum absolute atomic E-state index is 0.241. The molecule has 2 amide bonds. The summed E-state index contributed by atoms with van der Waals surface area (Å²) in [6, 6.07) is 9.90. The van der Waals surface area contributed by atoms with Crippen LogP contribution in [0.25, 0.3) is 0 Å². The van der Waals surface area contributed by atoms with Gasteiger partial charge in [0.15, 0.2) is 0 Å². The van der Waals surface area contributed by atoms with Gasteiger partial charge in [0.25, 0.3) is 5.91 Å². The van der Waals surface area contributed by atoms with Crippen LogP contribution in [0.1, 0.15) is 28.8 Å². The number of primary amides is 1. The lowest BCUT2D eigenvalue weighted by Gasteiger charge is -2.19. The first-order chi connectivity index (χ1) is 13.5. The molecule has 0 aliphatic carbocycles. The maximum absolute atomic E-state index is 13.3. The van der Waals surface area contributed by atoms with Gasteiger partial charge in [0.1, 0.15) is 17.5 Å². The molecule has 28 heavy (non-hydrogen) atoms. The van der Waals surface area contributed by atoms with Crippen LogP contribution >= 0.6 is 0 Å². The van der Waals surface area contributed by atoms with Gasteiger partial charge in [0.2, 0.25) is 5.91 Å². The van der Waals surface area contributed by atoms with Crippen molar-refractivity contribution in [3.63, 3.8) is 0 Å². The number of benzene rings is 1. The third kappa shape index (κ3) is 5.18. The lowest BCUT2D eigenvalue weighted by atomic mass is 10.1. The zero-order chi connectivity index (χ0) is 19.9. The van der Waals surface area contributed by atoms with Gasteiger partial charge >= 0.3 is 0 Å². The first kappa shape index (κ1) is 19.6. The van der Waals surface area contributed by atoms with E-state index in [4.69, 9.17) is 5.73 Å². The highest BCUT2D eigenvalue weighted by molar-refractivity contribution is 6.00. The third-order valence-corrected chi connectivity index (χ3v) is 4.57. The van der Waals surface area contributed by atoms with E-state index >= 15 is 0 Å². The highest BCUT2D eigenvalue weighted by Crippen LogP contribution is 2.23. The molecule has 0 bridgehead atoms. The fourth-order valence-electron chi connectivity index (χ4n) is 3.17. The molecule has 0 unspecified atom stereocenters. The number of hydrogen-bond acceptors (Lipinski definition) is 5. The predicted octanol–water partition coefficient (Wildman–Crippen LogP) is 1.69. The van der Waals surface area contributed by atoms with E-state index < -0.39 is 11.8 Å². The summed E-state index contributed by atoms with van der Waals surface area (Å²) in [5.74, 6) is -0.0821. The van der Waals surface area contributed by atoms with Gasteiger partial charge in [-0.05, 0) is 49.1 Å². The molecular weight excluding hydrogens is 361 g/mol. The van der Waals surface area contributed by atoms with Gasteiger partial charge < -0.3 is 21.3 Å². The maximum Gasteiger partial charge on any atom is 0.255 e. The molecule has 4 N–H and O–H groups in total. The van der Waals surface area contributed by atoms with Crippen molar-refractivity contribution < 1.29 is 14.0 Å². The number of carbonyl (C=O) groups is 2. The van der Waals surface area contributed by atoms with E-state index in [1.807, 2.05) is 12.1 Å². The molecule has 148 valence electrons. The van der Waals surface area contributed by atoms with Crippen molar-refractivity contribution >= 4 is 23.5 Å². The van der Waals surface area contributed by atoms with Crippen LogP contribution in [-0.4, -0.2) is 43.0 Å². The second kappa shape index (κ2) is 9.16. The molecule has 1 aliphatic rings. The Kier molecular flexibility index (Phi) is 6.41. The Morgan fingerprint density at radius 2 is 1.96 bits per heavy atom. The number of hydrogen-bond donors (Lipinski definition) is 3. The van der Waals surface area contributed by atoms with Crippen molar-refractivity contribution in [2.45, 2.75) is 19.3 Å². The Morgan fingerprint density at radius 3 is 2.68 bits per heavy atom. The van der Waals surface area contributed by atoms with Crippen LogP contribution in [0.2, 0.25) is 0 Å². The molecule has 0 radical (unpaired) electrons. The molecule has 2 aromatic rings. The van der Waals surface area contributed by atoms with E-state index in [0.717, 1.165) is 37.3 Å². The molecular formula is C20H24FN5O2. The molecule has 1 fully saturated rings. The second-order valence-electron chi connectivity index (χ2n) is 6.72. The highest BCUT2D eigenvalue weighted by atomic mass is 19.1. The van der Waals surface area contributed by atoms with Gasteiger partial charge in [-0.3, -0.25) is 9.59 Å². The second-order valence-corrected chi connectivity index (χ2v) is 6.72. The number of nitrogens with two attached hydrogens (primary N) is 1. The largest absolute Gasteiger partial charge is 0.369 e. The van der Waals surface area contributed by atoms with Gasteiger partial charge in [0.05, 0.1) is 12.1 Å². The summed E-state index contributed by atoms with van der Waals surface area (Å²) >= 11 is 0. The summed E-state index contributed by atoms with van der Waals surface area (Å²) in [5.41, 5.74) is 6.28. The number of rotatable bonds is 8. The predicted molar refractivity (Wildman–Crippen MR) is 106 cm³/mol. The number of halogens is 1. The molecule has 1 aliphatic heterocycles. The topological polar surface area (TPSA) is 100 Å². The lowest BCUT2D eigenvalue weighted by molar-refractivity contribution is -0.117. The molecule has 8 heteroatoms. The molecule has 2 heterocycles. The zero-order valence-corrected chi connectivity index (χ0v) is 15.6. The van der Waals surface area contributed by atoms with E-state index in [-0.39, 0.29) is 12.4 Å². The first-order valence-electron chi connectivity index (χ1n) is 9.34. The Morgan fingerprint density at radius 1 is 1.18 bits per heavy atom. The SMILES string of the molecule is NC(=O)CNC(=O)c1ccc(N2CCCC2)nc1NCCc1cccc(F)c1. The van der Waals surface area contributed by atoms with Crippen LogP contribution in [0.4, 0.5) is 16.0 Å². The molecule has 0 atom stereocenters. The molecule has 0 saturated carbocycles. The van der Waals surface area contributed by atoms with Gasteiger partial charge in [-0.2, -0.15) is 0 Å². The highest BCUT2D eigenvalue weighted by Gasteiger charge is 2.18. The van der Waals surface area contributed by atoms with E-state index in [1.54, 1.807) is 12.1 Å². The smallest absolute Gasteiger partial charge is 0.255 e. The standard InChI is InChI=1S/C20H24FN5O2/c21-15-5-3-4-14(12-15)8-9-23-19-16(20(28)24-13-17(22)27)6-7-18(25-19)26-10-1-2-11-26/h3-7,12H,1-2,8-11,13H2,(H2,22,27)(H,23,25)(H,24,28). The Bertz CT molecular complexity index is 852. The number of carbonyl (C=O) groups excluding carboxylic acids is 2. The first-order valence-corrected chi connectivity index (χ1v) is 9.34. The third-order valence-electron chi connectivity index (χ3n) is 4.57. The number of pyridine rings is 1. The van der Waals surface area contributed by atoms with Crippen LogP contribution in [0.5, 0.6) is 0 Å². The number of nitrogens with one attached hydrogen (secondary N) is 2. The summed E-state index contributed by atoms with van der Waals surface area (Å²) in [6.07, 6.45) is 2.81. The zero-order valence-electron chi connectivity index (χ0n) is 15.6. The van der Waals surface area contributed by atoms with Crippen LogP contribution in [0.15, 0.2) is 36.4 Å². The minimum Gasteiger partial charge on any atom is -0.369 e. The van der Waals surface area contributed by atoms with Crippen molar-refractivity contribution in [1.29, 1.82) is 0 Å². The van der Waals surface area contributed by atoms with Crippen LogP contribution in [0, 0.1) is 5.82 Å². The van der Waals surface area contributed by atoms with Crippen molar-refractivity contribution in [1.82, 2.24) is 10.3 Å². The summed E-state index contributed by atoms with van der Waals surface area (Å²) in [4.78, 5) is 30.1. The molecule has 0 spiro atoms. The number of aromatic nitrogens is 1. The molecule has 1 aromatic carbocycles. The molecule has 1 aromatic heterocycles. The average Bonchev–Trinajstić information content (AvgIpc) is 3.21. The van der Waals surface area contributed by atoms with E-state index in [2.05, 4.69) is 20.5 Å². The Labute approximate surface area is 163 Å². The van der Waals surface area contributed by atoms with E-state index in [0.29, 0.717) is 24.3 Å². The summed E-state index contributed by atoms with van der Waals surface area (Å²) in [7, 11) is 0. The monoisotopic (exact) mass is 385 g/mol. The quantitative estimate of drug-likeness (QED) is 0.642. The fraction of sp³-hybridized carbons (Fsp3) is 0.350. The van der Waals surface area contributed by atoms with Gasteiger partial charge in [-0.15, -0.1) is 0 Å². The number of anilines is 2. The summed E-state index contributed by atoms with van der Waals surface area (Å²) < 4.78 is 13.3. The van der Waals surface area contributed by atoms with Crippen LogP contribution in [0.3, 0.4) is 0 Å². The van der Waals surface area contributed by atoms with Gasteiger partial charge in [-0.1, -0.05) is 12.1 Å². The van der Waals surface area contributed by atoms with Crippen molar-refractivity contribution in [3.8, 4) is 0 Å². The number of amides is 2. The van der Waals surface area contributed by atoms with Crippen molar-refractivity contribution in [2.24, 2.45) is 5.73 Å². The Balaban J connectivity index is 1.74. The number of nitrogens with zero attached hydrogens (tertiary/aromatic N) is 2. The van der Waals surface area contributed by atoms with Crippen molar-refractivity contribution in [3.05, 3.63) is 53.3 Å². The van der Waals surface area contributed by atoms with Crippen molar-refractivity contribution in [2.75, 3.05) is 36.4 Å². The van der Waals surface area contributed by atoms with E-state index in [9.17, 15) is 14.0 Å². The van der Waals surface area contributed by atoms with Gasteiger partial charge in [-0.25, -0.2) is 9.37 Å². The molecule has 7 nitrogen and oxygen atoms in total. The normalized spacial score (nSPS) is 13.4. The summed E-state index contributed by atoms with van der Waals surface area (Å²) in [6.45, 7) is 2.11. The van der Waals surface area contributed by atoms with Crippen LogP contribution < -0.4 is 21.3 Å².